The van der Waals surface area contributed by atoms with Crippen molar-refractivity contribution >= 4 is 0 Å². The first-order chi connectivity index (χ1) is 8.60. The third-order valence-corrected chi connectivity index (χ3v) is 4.66. The summed E-state index contributed by atoms with van der Waals surface area (Å²) in [6, 6.07) is 13.6. The van der Waals surface area contributed by atoms with Crippen LogP contribution in [0.15, 0.2) is 30.3 Å². The van der Waals surface area contributed by atoms with E-state index >= 15 is 0 Å². The molecule has 0 bridgehead atoms. The number of rotatable bonds is 2. The van der Waals surface area contributed by atoms with Gasteiger partial charge in [0.15, 0.2) is 0 Å². The van der Waals surface area contributed by atoms with E-state index in [4.69, 9.17) is 0 Å². The number of hydrogen-bond donors (Lipinski definition) is 0. The fourth-order valence-electron chi connectivity index (χ4n) is 3.33. The molecular weight excluding hydrogens is 220 g/mol. The molecule has 1 aromatic carbocycles. The molecule has 1 aliphatic heterocycles. The van der Waals surface area contributed by atoms with Crippen molar-refractivity contribution in [2.75, 3.05) is 13.6 Å². The Labute approximate surface area is 110 Å². The van der Waals surface area contributed by atoms with Crippen molar-refractivity contribution in [1.82, 2.24) is 4.90 Å². The van der Waals surface area contributed by atoms with Gasteiger partial charge in [0.2, 0.25) is 0 Å². The predicted octanol–water partition coefficient (Wildman–Crippen LogP) is 3.20. The van der Waals surface area contributed by atoms with Crippen molar-refractivity contribution in [3.8, 4) is 6.07 Å². The molecule has 1 saturated heterocycles. The fourth-order valence-corrected chi connectivity index (χ4v) is 3.33. The van der Waals surface area contributed by atoms with Crippen LogP contribution in [0.1, 0.15) is 32.3 Å². The quantitative estimate of drug-likeness (QED) is 0.796. The minimum absolute atomic E-state index is 0.0297. The first-order valence-electron chi connectivity index (χ1n) is 6.73. The summed E-state index contributed by atoms with van der Waals surface area (Å²) in [7, 11) is 2.18. The fraction of sp³-hybridized carbons (Fsp3) is 0.562. The van der Waals surface area contributed by atoms with Crippen LogP contribution in [0.2, 0.25) is 0 Å². The van der Waals surface area contributed by atoms with Crippen LogP contribution in [0.25, 0.3) is 0 Å². The van der Waals surface area contributed by atoms with Crippen LogP contribution in [0.5, 0.6) is 0 Å². The monoisotopic (exact) mass is 242 g/mol. The molecule has 2 nitrogen and oxygen atoms in total. The van der Waals surface area contributed by atoms with Crippen LogP contribution in [0.4, 0.5) is 0 Å². The normalized spacial score (nSPS) is 33.0. The molecule has 0 radical (unpaired) electrons. The van der Waals surface area contributed by atoms with E-state index in [2.05, 4.69) is 56.1 Å². The molecule has 0 saturated carbocycles. The molecule has 1 aliphatic rings. The van der Waals surface area contributed by atoms with E-state index in [1.807, 2.05) is 6.07 Å². The largest absolute Gasteiger partial charge is 0.303 e. The third kappa shape index (κ3) is 2.15. The van der Waals surface area contributed by atoms with Gasteiger partial charge >= 0.3 is 0 Å². The molecule has 3 atom stereocenters. The molecule has 18 heavy (non-hydrogen) atoms. The van der Waals surface area contributed by atoms with E-state index in [1.54, 1.807) is 0 Å². The average molecular weight is 242 g/mol. The van der Waals surface area contributed by atoms with Gasteiger partial charge in [0, 0.05) is 24.4 Å². The summed E-state index contributed by atoms with van der Waals surface area (Å²) in [6.07, 6.45) is 1.69. The summed E-state index contributed by atoms with van der Waals surface area (Å²) >= 11 is 0. The number of nitrogens with zero attached hydrogens (tertiary/aromatic N) is 2. The topological polar surface area (TPSA) is 27.0 Å². The van der Waals surface area contributed by atoms with Crippen molar-refractivity contribution in [1.29, 1.82) is 5.26 Å². The average Bonchev–Trinajstić information content (AvgIpc) is 2.37. The van der Waals surface area contributed by atoms with Crippen LogP contribution < -0.4 is 0 Å². The maximum Gasteiger partial charge on any atom is 0.0631 e. The molecule has 0 aromatic heterocycles. The van der Waals surface area contributed by atoms with Crippen LogP contribution in [-0.4, -0.2) is 24.5 Å². The molecule has 0 spiro atoms. The zero-order chi connectivity index (χ0) is 13.2. The molecule has 0 aliphatic carbocycles. The zero-order valence-corrected chi connectivity index (χ0v) is 11.6. The van der Waals surface area contributed by atoms with E-state index in [0.29, 0.717) is 18.4 Å². The van der Waals surface area contributed by atoms with Crippen LogP contribution >= 0.6 is 0 Å². The van der Waals surface area contributed by atoms with Crippen LogP contribution in [-0.2, 0) is 5.41 Å². The molecule has 0 N–H and O–H groups in total. The minimum atomic E-state index is 0.0297. The Bertz CT molecular complexity index is 434. The maximum atomic E-state index is 9.25. The Kier molecular flexibility index (Phi) is 3.73. The van der Waals surface area contributed by atoms with E-state index in [1.165, 1.54) is 5.56 Å². The van der Waals surface area contributed by atoms with Gasteiger partial charge in [0.1, 0.15) is 0 Å². The van der Waals surface area contributed by atoms with Gasteiger partial charge in [-0.15, -0.1) is 0 Å². The highest BCUT2D eigenvalue weighted by Crippen LogP contribution is 2.44. The minimum Gasteiger partial charge on any atom is -0.303 e. The summed E-state index contributed by atoms with van der Waals surface area (Å²) in [5, 5.41) is 9.25. The van der Waals surface area contributed by atoms with Gasteiger partial charge in [-0.05, 0) is 31.9 Å². The Balaban J connectivity index is 2.41. The van der Waals surface area contributed by atoms with Gasteiger partial charge in [-0.3, -0.25) is 0 Å². The lowest BCUT2D eigenvalue weighted by atomic mass is 9.63. The summed E-state index contributed by atoms with van der Waals surface area (Å²) in [5.74, 6) is 0.515. The van der Waals surface area contributed by atoms with Gasteiger partial charge < -0.3 is 4.90 Å². The van der Waals surface area contributed by atoms with E-state index in [-0.39, 0.29) is 5.41 Å². The van der Waals surface area contributed by atoms with Crippen LogP contribution in [0.3, 0.4) is 0 Å². The number of hydrogen-bond acceptors (Lipinski definition) is 2. The molecule has 2 heteroatoms. The van der Waals surface area contributed by atoms with Crippen molar-refractivity contribution in [3.63, 3.8) is 0 Å². The Morgan fingerprint density at radius 1 is 1.33 bits per heavy atom. The molecule has 0 amide bonds. The summed E-state index contributed by atoms with van der Waals surface area (Å²) in [5.41, 5.74) is 1.36. The predicted molar refractivity (Wildman–Crippen MR) is 74.2 cm³/mol. The second kappa shape index (κ2) is 5.12. The SMILES string of the molecule is C[C@@H]1CN(C)[C@@H](C)C[C@@]1(CC#N)c1ccccc1. The van der Waals surface area contributed by atoms with Crippen LogP contribution in [0, 0.1) is 17.2 Å². The summed E-state index contributed by atoms with van der Waals surface area (Å²) < 4.78 is 0. The highest BCUT2D eigenvalue weighted by molar-refractivity contribution is 5.29. The lowest BCUT2D eigenvalue weighted by molar-refractivity contribution is 0.0770. The molecule has 1 aromatic rings. The first kappa shape index (κ1) is 13.1. The lowest BCUT2D eigenvalue weighted by Gasteiger charge is -2.48. The van der Waals surface area contributed by atoms with Crippen molar-refractivity contribution in [3.05, 3.63) is 35.9 Å². The first-order valence-corrected chi connectivity index (χ1v) is 6.73. The maximum absolute atomic E-state index is 9.25. The molecule has 0 unspecified atom stereocenters. The molecule has 96 valence electrons. The van der Waals surface area contributed by atoms with E-state index < -0.39 is 0 Å². The Morgan fingerprint density at radius 2 is 2.00 bits per heavy atom. The van der Waals surface area contributed by atoms with Crippen molar-refractivity contribution in [2.45, 2.75) is 38.1 Å². The highest BCUT2D eigenvalue weighted by atomic mass is 15.1. The molecular formula is C16H22N2. The van der Waals surface area contributed by atoms with E-state index in [9.17, 15) is 5.26 Å². The molecule has 1 heterocycles. The van der Waals surface area contributed by atoms with Gasteiger partial charge in [-0.25, -0.2) is 0 Å². The van der Waals surface area contributed by atoms with Gasteiger partial charge in [-0.1, -0.05) is 37.3 Å². The smallest absolute Gasteiger partial charge is 0.0631 e. The summed E-state index contributed by atoms with van der Waals surface area (Å²) in [6.45, 7) is 5.62. The third-order valence-electron chi connectivity index (χ3n) is 4.66. The second-order valence-electron chi connectivity index (χ2n) is 5.75. The number of piperidine rings is 1. The standard InChI is InChI=1S/C16H22N2/c1-13-12-18(3)14(2)11-16(13,9-10-17)15-7-5-4-6-8-15/h4-8,13-14H,9,11-12H2,1-3H3/t13-,14+,16-/m1/s1. The number of likely N-dealkylation sites (tertiary alicyclic amines) is 1. The van der Waals surface area contributed by atoms with Gasteiger partial charge in [0.25, 0.3) is 0 Å². The zero-order valence-electron chi connectivity index (χ0n) is 11.6. The lowest BCUT2D eigenvalue weighted by Crippen LogP contribution is -2.51. The number of benzene rings is 1. The number of nitriles is 1. The molecule has 2 rings (SSSR count). The Morgan fingerprint density at radius 3 is 2.61 bits per heavy atom. The Hall–Kier alpha value is -1.33. The summed E-state index contributed by atoms with van der Waals surface area (Å²) in [4.78, 5) is 2.41. The second-order valence-corrected chi connectivity index (χ2v) is 5.75. The van der Waals surface area contributed by atoms with Crippen molar-refractivity contribution < 1.29 is 0 Å². The van der Waals surface area contributed by atoms with Crippen molar-refractivity contribution in [2.24, 2.45) is 5.92 Å². The molecule has 1 fully saturated rings. The van der Waals surface area contributed by atoms with Gasteiger partial charge in [-0.2, -0.15) is 5.26 Å². The van der Waals surface area contributed by atoms with Gasteiger partial charge in [0.05, 0.1) is 6.07 Å². The highest BCUT2D eigenvalue weighted by Gasteiger charge is 2.43. The van der Waals surface area contributed by atoms with E-state index in [0.717, 1.165) is 13.0 Å².